The highest BCUT2D eigenvalue weighted by atomic mass is 19.1. The number of carboxylic acids is 1. The molecular formula is C17H21FO2. The van der Waals surface area contributed by atoms with E-state index < -0.39 is 11.4 Å². The molecule has 1 saturated carbocycles. The number of benzene rings is 1. The van der Waals surface area contributed by atoms with Gasteiger partial charge in [-0.05, 0) is 55.7 Å². The molecule has 108 valence electrons. The van der Waals surface area contributed by atoms with Gasteiger partial charge in [-0.25, -0.2) is 4.39 Å². The molecule has 0 bridgehead atoms. The van der Waals surface area contributed by atoms with E-state index in [-0.39, 0.29) is 5.82 Å². The molecule has 1 aromatic carbocycles. The van der Waals surface area contributed by atoms with Gasteiger partial charge in [-0.1, -0.05) is 25.3 Å². The average molecular weight is 276 g/mol. The molecule has 0 spiro atoms. The second-order valence-electron chi connectivity index (χ2n) is 6.26. The van der Waals surface area contributed by atoms with Crippen LogP contribution in [0.15, 0.2) is 12.1 Å². The molecule has 0 saturated heterocycles. The Morgan fingerprint density at radius 3 is 2.20 bits per heavy atom. The minimum atomic E-state index is -0.991. The van der Waals surface area contributed by atoms with Crippen LogP contribution in [0.1, 0.15) is 61.6 Å². The standard InChI is InChI=1S/C17H21FO2/c18-15-11-13-7-3-2-6-12(13)10-14(15)17(16(19)20)8-4-1-5-9-17/h10-11H,1-9H2,(H,19,20). The second kappa shape index (κ2) is 5.19. The summed E-state index contributed by atoms with van der Waals surface area (Å²) in [7, 11) is 0. The van der Waals surface area contributed by atoms with Crippen molar-refractivity contribution in [1.82, 2.24) is 0 Å². The summed E-state index contributed by atoms with van der Waals surface area (Å²) in [5.41, 5.74) is 1.69. The van der Waals surface area contributed by atoms with Gasteiger partial charge in [0.15, 0.2) is 0 Å². The highest BCUT2D eigenvalue weighted by Gasteiger charge is 2.43. The fourth-order valence-corrected chi connectivity index (χ4v) is 3.88. The lowest BCUT2D eigenvalue weighted by Crippen LogP contribution is -2.39. The normalized spacial score (nSPS) is 21.2. The summed E-state index contributed by atoms with van der Waals surface area (Å²) in [5, 5.41) is 9.70. The van der Waals surface area contributed by atoms with E-state index in [1.807, 2.05) is 6.07 Å². The fourth-order valence-electron chi connectivity index (χ4n) is 3.88. The predicted molar refractivity (Wildman–Crippen MR) is 75.4 cm³/mol. The molecule has 0 aromatic heterocycles. The SMILES string of the molecule is O=C(O)C1(c2cc3c(cc2F)CCCC3)CCCCC1. The van der Waals surface area contributed by atoms with Gasteiger partial charge in [0.25, 0.3) is 0 Å². The van der Waals surface area contributed by atoms with Crippen molar-refractivity contribution in [3.63, 3.8) is 0 Å². The summed E-state index contributed by atoms with van der Waals surface area (Å²) in [6, 6.07) is 3.46. The molecular weight excluding hydrogens is 255 g/mol. The Morgan fingerprint density at radius 1 is 1.00 bits per heavy atom. The minimum Gasteiger partial charge on any atom is -0.481 e. The largest absolute Gasteiger partial charge is 0.481 e. The minimum absolute atomic E-state index is 0.310. The number of aryl methyl sites for hydroxylation is 2. The van der Waals surface area contributed by atoms with Crippen LogP contribution in [0.25, 0.3) is 0 Å². The average Bonchev–Trinajstić information content (AvgIpc) is 2.47. The number of carbonyl (C=O) groups is 1. The van der Waals surface area contributed by atoms with Gasteiger partial charge < -0.3 is 5.11 Å². The molecule has 0 radical (unpaired) electrons. The number of hydrogen-bond donors (Lipinski definition) is 1. The summed E-state index contributed by atoms with van der Waals surface area (Å²) in [5.74, 6) is -1.16. The van der Waals surface area contributed by atoms with Crippen LogP contribution >= 0.6 is 0 Å². The van der Waals surface area contributed by atoms with E-state index in [2.05, 4.69) is 0 Å². The van der Waals surface area contributed by atoms with Crippen molar-refractivity contribution in [3.05, 3.63) is 34.6 Å². The van der Waals surface area contributed by atoms with Crippen molar-refractivity contribution in [2.45, 2.75) is 63.2 Å². The molecule has 0 heterocycles. The Labute approximate surface area is 119 Å². The van der Waals surface area contributed by atoms with Gasteiger partial charge in [-0.3, -0.25) is 4.79 Å². The Balaban J connectivity index is 2.09. The van der Waals surface area contributed by atoms with E-state index in [0.29, 0.717) is 18.4 Å². The Kier molecular flexibility index (Phi) is 3.53. The Hall–Kier alpha value is -1.38. The van der Waals surface area contributed by atoms with Gasteiger partial charge in [0.1, 0.15) is 5.82 Å². The van der Waals surface area contributed by atoms with Gasteiger partial charge in [0.05, 0.1) is 5.41 Å². The fraction of sp³-hybridized carbons (Fsp3) is 0.588. The van der Waals surface area contributed by atoms with Crippen molar-refractivity contribution < 1.29 is 14.3 Å². The Bertz CT molecular complexity index is 530. The lowest BCUT2D eigenvalue weighted by Gasteiger charge is -2.34. The molecule has 2 nitrogen and oxygen atoms in total. The lowest BCUT2D eigenvalue weighted by atomic mass is 9.68. The van der Waals surface area contributed by atoms with Crippen molar-refractivity contribution in [2.75, 3.05) is 0 Å². The first-order valence-electron chi connectivity index (χ1n) is 7.69. The maximum Gasteiger partial charge on any atom is 0.314 e. The summed E-state index contributed by atoms with van der Waals surface area (Å²) < 4.78 is 14.5. The summed E-state index contributed by atoms with van der Waals surface area (Å²) in [6.07, 6.45) is 8.06. The van der Waals surface area contributed by atoms with E-state index >= 15 is 0 Å². The highest BCUT2D eigenvalue weighted by molar-refractivity contribution is 5.81. The van der Waals surface area contributed by atoms with Crippen molar-refractivity contribution >= 4 is 5.97 Å². The quantitative estimate of drug-likeness (QED) is 0.886. The topological polar surface area (TPSA) is 37.3 Å². The first kappa shape index (κ1) is 13.6. The molecule has 2 aliphatic rings. The van der Waals surface area contributed by atoms with Crippen molar-refractivity contribution in [2.24, 2.45) is 0 Å². The zero-order chi connectivity index (χ0) is 14.2. The third kappa shape index (κ3) is 2.13. The second-order valence-corrected chi connectivity index (χ2v) is 6.26. The van der Waals surface area contributed by atoms with Gasteiger partial charge in [0, 0.05) is 5.56 Å². The van der Waals surface area contributed by atoms with E-state index in [9.17, 15) is 14.3 Å². The van der Waals surface area contributed by atoms with Crippen LogP contribution in [-0.2, 0) is 23.1 Å². The van der Waals surface area contributed by atoms with E-state index in [1.165, 1.54) is 5.56 Å². The summed E-state index contributed by atoms with van der Waals surface area (Å²) in [6.45, 7) is 0. The highest BCUT2D eigenvalue weighted by Crippen LogP contribution is 2.42. The summed E-state index contributed by atoms with van der Waals surface area (Å²) >= 11 is 0. The van der Waals surface area contributed by atoms with Gasteiger partial charge in [-0.15, -0.1) is 0 Å². The first-order valence-corrected chi connectivity index (χ1v) is 7.69. The van der Waals surface area contributed by atoms with Crippen LogP contribution in [0.2, 0.25) is 0 Å². The number of aliphatic carboxylic acids is 1. The van der Waals surface area contributed by atoms with E-state index in [4.69, 9.17) is 0 Å². The van der Waals surface area contributed by atoms with Gasteiger partial charge in [0.2, 0.25) is 0 Å². The first-order chi connectivity index (χ1) is 9.63. The number of hydrogen-bond acceptors (Lipinski definition) is 1. The van der Waals surface area contributed by atoms with Crippen molar-refractivity contribution in [1.29, 1.82) is 0 Å². The molecule has 1 fully saturated rings. The Morgan fingerprint density at radius 2 is 1.60 bits per heavy atom. The van der Waals surface area contributed by atoms with Crippen molar-refractivity contribution in [3.8, 4) is 0 Å². The van der Waals surface area contributed by atoms with Gasteiger partial charge >= 0.3 is 5.97 Å². The van der Waals surface area contributed by atoms with E-state index in [0.717, 1.165) is 50.5 Å². The molecule has 0 aliphatic heterocycles. The van der Waals surface area contributed by atoms with Crippen LogP contribution in [0.5, 0.6) is 0 Å². The molecule has 20 heavy (non-hydrogen) atoms. The number of halogens is 1. The molecule has 1 N–H and O–H groups in total. The molecule has 0 amide bonds. The zero-order valence-corrected chi connectivity index (χ0v) is 11.8. The van der Waals surface area contributed by atoms with Crippen LogP contribution in [0.3, 0.4) is 0 Å². The van der Waals surface area contributed by atoms with Crippen LogP contribution < -0.4 is 0 Å². The molecule has 0 atom stereocenters. The maximum absolute atomic E-state index is 14.5. The molecule has 1 aromatic rings. The molecule has 3 rings (SSSR count). The summed E-state index contributed by atoms with van der Waals surface area (Å²) in [4.78, 5) is 11.8. The van der Waals surface area contributed by atoms with Crippen LogP contribution in [-0.4, -0.2) is 11.1 Å². The molecule has 3 heteroatoms. The molecule has 2 aliphatic carbocycles. The third-order valence-corrected chi connectivity index (χ3v) is 5.06. The number of fused-ring (bicyclic) bond motifs is 1. The lowest BCUT2D eigenvalue weighted by molar-refractivity contribution is -0.145. The maximum atomic E-state index is 14.5. The van der Waals surface area contributed by atoms with Crippen LogP contribution in [0.4, 0.5) is 4.39 Å². The monoisotopic (exact) mass is 276 g/mol. The predicted octanol–water partition coefficient (Wildman–Crippen LogP) is 3.99. The number of rotatable bonds is 2. The van der Waals surface area contributed by atoms with E-state index in [1.54, 1.807) is 6.07 Å². The third-order valence-electron chi connectivity index (χ3n) is 5.06. The smallest absolute Gasteiger partial charge is 0.314 e. The molecule has 0 unspecified atom stereocenters. The zero-order valence-electron chi connectivity index (χ0n) is 11.8. The van der Waals surface area contributed by atoms with Gasteiger partial charge in [-0.2, -0.15) is 0 Å². The number of carboxylic acid groups (broad SMARTS) is 1. The van der Waals surface area contributed by atoms with Crippen LogP contribution in [0, 0.1) is 5.82 Å².